The van der Waals surface area contributed by atoms with Crippen molar-refractivity contribution < 1.29 is 9.18 Å². The Bertz CT molecular complexity index is 438. The molecule has 0 saturated heterocycles. The van der Waals surface area contributed by atoms with Crippen molar-refractivity contribution in [3.63, 3.8) is 0 Å². The van der Waals surface area contributed by atoms with Crippen LogP contribution in [0.25, 0.3) is 0 Å². The first-order chi connectivity index (χ1) is 9.16. The van der Waals surface area contributed by atoms with E-state index in [1.807, 2.05) is 0 Å². The highest BCUT2D eigenvalue weighted by Gasteiger charge is 2.22. The number of anilines is 1. The molecule has 1 aromatic rings. The Kier molecular flexibility index (Phi) is 4.74. The molecule has 5 heteroatoms. The Hall–Kier alpha value is -1.62. The van der Waals surface area contributed by atoms with Gasteiger partial charge in [0.15, 0.2) is 0 Å². The lowest BCUT2D eigenvalue weighted by Crippen LogP contribution is -2.42. The van der Waals surface area contributed by atoms with Crippen LogP contribution in [0.5, 0.6) is 0 Å². The van der Waals surface area contributed by atoms with Crippen LogP contribution in [-0.4, -0.2) is 18.6 Å². The van der Waals surface area contributed by atoms with Gasteiger partial charge in [-0.2, -0.15) is 0 Å². The van der Waals surface area contributed by atoms with E-state index in [0.29, 0.717) is 12.5 Å². The number of benzene rings is 1. The molecule has 4 N–H and O–H groups in total. The normalized spacial score (nSPS) is 22.8. The molecule has 1 aromatic carbocycles. The zero-order valence-corrected chi connectivity index (χ0v) is 10.9. The van der Waals surface area contributed by atoms with Gasteiger partial charge in [-0.25, -0.2) is 9.18 Å². The molecular formula is C14H20FN3O. The summed E-state index contributed by atoms with van der Waals surface area (Å²) < 4.78 is 13.3. The highest BCUT2D eigenvalue weighted by Crippen LogP contribution is 2.22. The van der Waals surface area contributed by atoms with Crippen LogP contribution >= 0.6 is 0 Å². The zero-order valence-electron chi connectivity index (χ0n) is 10.9. The molecule has 2 unspecified atom stereocenters. The lowest BCUT2D eigenvalue weighted by molar-refractivity contribution is 0.244. The van der Waals surface area contributed by atoms with Crippen molar-refractivity contribution in [3.8, 4) is 0 Å². The topological polar surface area (TPSA) is 67.1 Å². The average molecular weight is 265 g/mol. The number of hydrogen-bond acceptors (Lipinski definition) is 2. The number of carbonyl (C=O) groups is 1. The number of rotatable bonds is 3. The molecule has 1 saturated carbocycles. The summed E-state index contributed by atoms with van der Waals surface area (Å²) in [6.07, 6.45) is 4.39. The van der Waals surface area contributed by atoms with E-state index >= 15 is 0 Å². The van der Waals surface area contributed by atoms with Gasteiger partial charge in [-0.15, -0.1) is 0 Å². The van der Waals surface area contributed by atoms with E-state index in [1.54, 1.807) is 12.1 Å². The van der Waals surface area contributed by atoms with Crippen molar-refractivity contribution in [1.82, 2.24) is 5.32 Å². The summed E-state index contributed by atoms with van der Waals surface area (Å²) in [6, 6.07) is 5.87. The maximum absolute atomic E-state index is 13.3. The Morgan fingerprint density at radius 3 is 2.79 bits per heavy atom. The number of urea groups is 1. The Morgan fingerprint density at radius 1 is 1.32 bits per heavy atom. The monoisotopic (exact) mass is 265 g/mol. The van der Waals surface area contributed by atoms with Gasteiger partial charge in [0.25, 0.3) is 0 Å². The molecule has 1 aliphatic carbocycles. The highest BCUT2D eigenvalue weighted by atomic mass is 19.1. The van der Waals surface area contributed by atoms with Gasteiger partial charge in [0.05, 0.1) is 5.69 Å². The summed E-state index contributed by atoms with van der Waals surface area (Å²) >= 11 is 0. The third-order valence-corrected chi connectivity index (χ3v) is 3.61. The number of halogens is 1. The number of amides is 2. The van der Waals surface area contributed by atoms with Crippen LogP contribution in [0.3, 0.4) is 0 Å². The summed E-state index contributed by atoms with van der Waals surface area (Å²) in [6.45, 7) is 0.543. The lowest BCUT2D eigenvalue weighted by atomic mass is 9.85. The molecule has 0 bridgehead atoms. The van der Waals surface area contributed by atoms with Crippen LogP contribution in [0, 0.1) is 11.7 Å². The smallest absolute Gasteiger partial charge is 0.319 e. The van der Waals surface area contributed by atoms with Crippen molar-refractivity contribution >= 4 is 11.7 Å². The Morgan fingerprint density at radius 2 is 2.05 bits per heavy atom. The minimum atomic E-state index is -0.438. The molecule has 0 radical (unpaired) electrons. The molecule has 0 spiro atoms. The first-order valence-electron chi connectivity index (χ1n) is 6.72. The van der Waals surface area contributed by atoms with Gasteiger partial charge >= 0.3 is 6.03 Å². The molecule has 104 valence electrons. The van der Waals surface area contributed by atoms with E-state index in [2.05, 4.69) is 10.6 Å². The van der Waals surface area contributed by atoms with Crippen LogP contribution in [0.15, 0.2) is 24.3 Å². The summed E-state index contributed by atoms with van der Waals surface area (Å²) in [5.74, 6) is -0.118. The molecule has 0 aromatic heterocycles. The SMILES string of the molecule is NC1CCCCC1CNC(=O)Nc1ccccc1F. The van der Waals surface area contributed by atoms with E-state index in [4.69, 9.17) is 5.73 Å². The van der Waals surface area contributed by atoms with Gasteiger partial charge in [0.1, 0.15) is 5.82 Å². The predicted octanol–water partition coefficient (Wildman–Crippen LogP) is 2.46. The molecule has 4 nitrogen and oxygen atoms in total. The first kappa shape index (κ1) is 13.8. The number of para-hydroxylation sites is 1. The minimum absolute atomic E-state index is 0.155. The third-order valence-electron chi connectivity index (χ3n) is 3.61. The highest BCUT2D eigenvalue weighted by molar-refractivity contribution is 5.89. The van der Waals surface area contributed by atoms with Gasteiger partial charge in [-0.3, -0.25) is 0 Å². The number of hydrogen-bond donors (Lipinski definition) is 3. The second kappa shape index (κ2) is 6.52. The molecule has 0 heterocycles. The van der Waals surface area contributed by atoms with Crippen LogP contribution in [-0.2, 0) is 0 Å². The van der Waals surface area contributed by atoms with Crippen molar-refractivity contribution in [2.75, 3.05) is 11.9 Å². The third kappa shape index (κ3) is 3.92. The minimum Gasteiger partial charge on any atom is -0.338 e. The van der Waals surface area contributed by atoms with Gasteiger partial charge < -0.3 is 16.4 Å². The zero-order chi connectivity index (χ0) is 13.7. The summed E-state index contributed by atoms with van der Waals surface area (Å²) in [7, 11) is 0. The van der Waals surface area contributed by atoms with E-state index in [0.717, 1.165) is 19.3 Å². The Labute approximate surface area is 112 Å². The fourth-order valence-corrected chi connectivity index (χ4v) is 2.44. The van der Waals surface area contributed by atoms with Crippen molar-refractivity contribution in [2.24, 2.45) is 11.7 Å². The van der Waals surface area contributed by atoms with Gasteiger partial charge in [0, 0.05) is 12.6 Å². The van der Waals surface area contributed by atoms with Crippen LogP contribution in [0.2, 0.25) is 0 Å². The standard InChI is InChI=1S/C14H20FN3O/c15-11-6-2-4-8-13(11)18-14(19)17-9-10-5-1-3-7-12(10)16/h2,4,6,8,10,12H,1,3,5,7,9,16H2,(H2,17,18,19). The van der Waals surface area contributed by atoms with E-state index < -0.39 is 5.82 Å². The molecule has 0 aliphatic heterocycles. The van der Waals surface area contributed by atoms with Gasteiger partial charge in [-0.1, -0.05) is 25.0 Å². The molecule has 1 aliphatic rings. The largest absolute Gasteiger partial charge is 0.338 e. The Balaban J connectivity index is 1.80. The van der Waals surface area contributed by atoms with Crippen LogP contribution in [0.1, 0.15) is 25.7 Å². The predicted molar refractivity (Wildman–Crippen MR) is 73.4 cm³/mol. The van der Waals surface area contributed by atoms with E-state index in [9.17, 15) is 9.18 Å². The maximum Gasteiger partial charge on any atom is 0.319 e. The average Bonchev–Trinajstić information content (AvgIpc) is 2.40. The first-order valence-corrected chi connectivity index (χ1v) is 6.72. The number of carbonyl (C=O) groups excluding carboxylic acids is 1. The summed E-state index contributed by atoms with van der Waals surface area (Å²) in [5, 5.41) is 5.26. The molecular weight excluding hydrogens is 245 g/mol. The van der Waals surface area contributed by atoms with E-state index in [-0.39, 0.29) is 17.8 Å². The van der Waals surface area contributed by atoms with Crippen molar-refractivity contribution in [1.29, 1.82) is 0 Å². The molecule has 1 fully saturated rings. The van der Waals surface area contributed by atoms with Crippen LogP contribution < -0.4 is 16.4 Å². The fourth-order valence-electron chi connectivity index (χ4n) is 2.44. The number of nitrogens with one attached hydrogen (secondary N) is 2. The lowest BCUT2D eigenvalue weighted by Gasteiger charge is -2.28. The molecule has 2 atom stereocenters. The molecule has 2 rings (SSSR count). The maximum atomic E-state index is 13.3. The summed E-state index contributed by atoms with van der Waals surface area (Å²) in [5.41, 5.74) is 6.20. The second-order valence-corrected chi connectivity index (χ2v) is 5.02. The molecule has 19 heavy (non-hydrogen) atoms. The van der Waals surface area contributed by atoms with Crippen molar-refractivity contribution in [3.05, 3.63) is 30.1 Å². The van der Waals surface area contributed by atoms with E-state index in [1.165, 1.54) is 18.6 Å². The quantitative estimate of drug-likeness (QED) is 0.786. The summed E-state index contributed by atoms with van der Waals surface area (Å²) in [4.78, 5) is 11.7. The van der Waals surface area contributed by atoms with Crippen LogP contribution in [0.4, 0.5) is 14.9 Å². The second-order valence-electron chi connectivity index (χ2n) is 5.02. The number of nitrogens with two attached hydrogens (primary N) is 1. The fraction of sp³-hybridized carbons (Fsp3) is 0.500. The van der Waals surface area contributed by atoms with Crippen molar-refractivity contribution in [2.45, 2.75) is 31.7 Å². The van der Waals surface area contributed by atoms with Gasteiger partial charge in [0.2, 0.25) is 0 Å². The molecule has 2 amide bonds. The van der Waals surface area contributed by atoms with Gasteiger partial charge in [-0.05, 0) is 30.9 Å².